The summed E-state index contributed by atoms with van der Waals surface area (Å²) in [4.78, 5) is 10.3. The molecule has 1 aromatic carbocycles. The molecule has 5 nitrogen and oxygen atoms in total. The summed E-state index contributed by atoms with van der Waals surface area (Å²) >= 11 is 0.946. The van der Waals surface area contributed by atoms with E-state index in [-0.39, 0.29) is 11.0 Å². The third-order valence-corrected chi connectivity index (χ3v) is 2.78. The largest absolute Gasteiger partial charge is 0.549 e. The first-order valence-electron chi connectivity index (χ1n) is 4.88. The van der Waals surface area contributed by atoms with Crippen LogP contribution in [-0.2, 0) is 4.79 Å². The molecule has 0 saturated heterocycles. The number of carboxylic acids is 1. The van der Waals surface area contributed by atoms with Gasteiger partial charge in [-0.1, -0.05) is 29.5 Å². The third-order valence-electron chi connectivity index (χ3n) is 1.98. The van der Waals surface area contributed by atoms with Crippen molar-refractivity contribution < 1.29 is 14.3 Å². The molecule has 1 heterocycles. The van der Waals surface area contributed by atoms with Gasteiger partial charge in [-0.2, -0.15) is 0 Å². The Morgan fingerprint density at radius 3 is 3.00 bits per heavy atom. The van der Waals surface area contributed by atoms with E-state index >= 15 is 0 Å². The molecule has 88 valence electrons. The highest BCUT2D eigenvalue weighted by atomic mass is 32.2. The molecule has 0 spiro atoms. The predicted octanol–water partition coefficient (Wildman–Crippen LogP) is 0.887. The van der Waals surface area contributed by atoms with Crippen molar-refractivity contribution >= 4 is 17.7 Å². The van der Waals surface area contributed by atoms with Crippen molar-refractivity contribution in [1.29, 1.82) is 0 Å². The number of thioether (sulfide) groups is 1. The smallest absolute Gasteiger partial charge is 0.277 e. The lowest BCUT2D eigenvalue weighted by Gasteiger charge is -1.97. The summed E-state index contributed by atoms with van der Waals surface area (Å²) in [5.74, 6) is -0.977. The molecule has 0 saturated carbocycles. The molecular weight excluding hydrogens is 240 g/mol. The first-order valence-corrected chi connectivity index (χ1v) is 5.87. The van der Waals surface area contributed by atoms with Gasteiger partial charge < -0.3 is 14.3 Å². The minimum absolute atomic E-state index is 0.199. The fourth-order valence-corrected chi connectivity index (χ4v) is 1.76. The summed E-state index contributed by atoms with van der Waals surface area (Å²) in [5, 5.41) is 18.1. The van der Waals surface area contributed by atoms with Gasteiger partial charge in [-0.25, -0.2) is 0 Å². The molecule has 0 fully saturated rings. The van der Waals surface area contributed by atoms with Gasteiger partial charge in [-0.05, 0) is 19.1 Å². The standard InChI is InChI=1S/C11H10N2O3S/c1-7-3-2-4-8(5-7)10-12-13-11(16-10)17-6-9(14)15/h2-5H,6H2,1H3,(H,14,15)/p-1. The molecule has 0 aliphatic carbocycles. The van der Waals surface area contributed by atoms with E-state index in [2.05, 4.69) is 10.2 Å². The molecule has 0 aliphatic rings. The number of hydrogen-bond donors (Lipinski definition) is 0. The van der Waals surface area contributed by atoms with E-state index < -0.39 is 5.97 Å². The minimum Gasteiger partial charge on any atom is -0.549 e. The van der Waals surface area contributed by atoms with Crippen LogP contribution in [0, 0.1) is 6.92 Å². The van der Waals surface area contributed by atoms with Crippen molar-refractivity contribution in [2.75, 3.05) is 5.75 Å². The van der Waals surface area contributed by atoms with Crippen molar-refractivity contribution in [1.82, 2.24) is 10.2 Å². The van der Waals surface area contributed by atoms with Crippen molar-refractivity contribution in [3.63, 3.8) is 0 Å². The molecule has 0 aliphatic heterocycles. The summed E-state index contributed by atoms with van der Waals surface area (Å²) < 4.78 is 5.32. The number of carboxylic acid groups (broad SMARTS) is 1. The van der Waals surface area contributed by atoms with E-state index in [1.54, 1.807) is 0 Å². The molecule has 1 aromatic heterocycles. The molecule has 2 rings (SSSR count). The number of rotatable bonds is 4. The van der Waals surface area contributed by atoms with E-state index in [1.807, 2.05) is 31.2 Å². The molecule has 0 atom stereocenters. The number of benzene rings is 1. The van der Waals surface area contributed by atoms with Gasteiger partial charge in [0.25, 0.3) is 5.22 Å². The number of aliphatic carboxylic acids is 1. The monoisotopic (exact) mass is 249 g/mol. The first-order chi connectivity index (χ1) is 8.15. The molecule has 6 heteroatoms. The average Bonchev–Trinajstić information content (AvgIpc) is 2.75. The molecular formula is C11H9N2O3S-. The van der Waals surface area contributed by atoms with E-state index in [4.69, 9.17) is 4.42 Å². The lowest BCUT2D eigenvalue weighted by atomic mass is 10.1. The van der Waals surface area contributed by atoms with Crippen molar-refractivity contribution in [3.8, 4) is 11.5 Å². The zero-order valence-corrected chi connectivity index (χ0v) is 9.86. The quantitative estimate of drug-likeness (QED) is 0.749. The van der Waals surface area contributed by atoms with Gasteiger partial charge in [0.1, 0.15) is 0 Å². The fourth-order valence-electron chi connectivity index (χ4n) is 1.28. The molecule has 17 heavy (non-hydrogen) atoms. The van der Waals surface area contributed by atoms with Gasteiger partial charge in [0.15, 0.2) is 0 Å². The van der Waals surface area contributed by atoms with Crippen LogP contribution in [0.3, 0.4) is 0 Å². The first kappa shape index (κ1) is 11.7. The van der Waals surface area contributed by atoms with Crippen LogP contribution in [0.25, 0.3) is 11.5 Å². The Kier molecular flexibility index (Phi) is 3.43. The van der Waals surface area contributed by atoms with E-state index in [0.717, 1.165) is 22.9 Å². The topological polar surface area (TPSA) is 79.0 Å². The zero-order valence-electron chi connectivity index (χ0n) is 9.04. The maximum absolute atomic E-state index is 10.3. The van der Waals surface area contributed by atoms with E-state index in [0.29, 0.717) is 5.89 Å². The van der Waals surface area contributed by atoms with Crippen LogP contribution in [0.5, 0.6) is 0 Å². The highest BCUT2D eigenvalue weighted by Crippen LogP contribution is 2.23. The predicted molar refractivity (Wildman–Crippen MR) is 60.2 cm³/mol. The fraction of sp³-hybridized carbons (Fsp3) is 0.182. The zero-order chi connectivity index (χ0) is 12.3. The summed E-state index contributed by atoms with van der Waals surface area (Å²) in [6.07, 6.45) is 0. The van der Waals surface area contributed by atoms with E-state index in [1.165, 1.54) is 0 Å². The van der Waals surface area contributed by atoms with Crippen molar-refractivity contribution in [2.45, 2.75) is 12.1 Å². The van der Waals surface area contributed by atoms with Crippen LogP contribution in [-0.4, -0.2) is 21.9 Å². The SMILES string of the molecule is Cc1cccc(-c2nnc(SCC(=O)[O-])o2)c1. The van der Waals surface area contributed by atoms with Crippen molar-refractivity contribution in [2.24, 2.45) is 0 Å². The second-order valence-corrected chi connectivity index (χ2v) is 4.33. The molecule has 0 unspecified atom stereocenters. The Hall–Kier alpha value is -1.82. The maximum Gasteiger partial charge on any atom is 0.277 e. The molecule has 0 amide bonds. The van der Waals surface area contributed by atoms with Crippen molar-refractivity contribution in [3.05, 3.63) is 29.8 Å². The summed E-state index contributed by atoms with van der Waals surface area (Å²) in [5.41, 5.74) is 1.91. The second kappa shape index (κ2) is 5.01. The number of hydrogen-bond acceptors (Lipinski definition) is 6. The molecule has 0 radical (unpaired) electrons. The highest BCUT2D eigenvalue weighted by Gasteiger charge is 2.08. The van der Waals surface area contributed by atoms with Gasteiger partial charge in [0, 0.05) is 11.3 Å². The van der Waals surface area contributed by atoms with Gasteiger partial charge in [0.2, 0.25) is 5.89 Å². The minimum atomic E-state index is -1.16. The normalized spacial score (nSPS) is 10.4. The maximum atomic E-state index is 10.3. The van der Waals surface area contributed by atoms with Crippen LogP contribution in [0.1, 0.15) is 5.56 Å². The summed E-state index contributed by atoms with van der Waals surface area (Å²) in [7, 11) is 0. The molecule has 0 bridgehead atoms. The number of aryl methyl sites for hydroxylation is 1. The Labute approximate surface area is 102 Å². The molecule has 2 aromatic rings. The summed E-state index contributed by atoms with van der Waals surface area (Å²) in [6.45, 7) is 1.96. The van der Waals surface area contributed by atoms with E-state index in [9.17, 15) is 9.90 Å². The lowest BCUT2D eigenvalue weighted by molar-refractivity contribution is -0.301. The lowest BCUT2D eigenvalue weighted by Crippen LogP contribution is -2.24. The average molecular weight is 249 g/mol. The summed E-state index contributed by atoms with van der Waals surface area (Å²) in [6, 6.07) is 7.63. The van der Waals surface area contributed by atoms with Gasteiger partial charge in [-0.15, -0.1) is 10.2 Å². The van der Waals surface area contributed by atoms with Crippen LogP contribution in [0.2, 0.25) is 0 Å². The van der Waals surface area contributed by atoms with Gasteiger partial charge >= 0.3 is 0 Å². The van der Waals surface area contributed by atoms with Gasteiger partial charge in [-0.3, -0.25) is 0 Å². The highest BCUT2D eigenvalue weighted by molar-refractivity contribution is 7.99. The Balaban J connectivity index is 2.15. The third kappa shape index (κ3) is 3.07. The van der Waals surface area contributed by atoms with Crippen LogP contribution < -0.4 is 5.11 Å². The van der Waals surface area contributed by atoms with Gasteiger partial charge in [0.05, 0.1) is 5.97 Å². The molecule has 0 N–H and O–H groups in total. The van der Waals surface area contributed by atoms with Crippen LogP contribution in [0.4, 0.5) is 0 Å². The van der Waals surface area contributed by atoms with Crippen LogP contribution >= 0.6 is 11.8 Å². The Morgan fingerprint density at radius 2 is 2.29 bits per heavy atom. The Bertz CT molecular complexity index is 539. The number of carbonyl (C=O) groups excluding carboxylic acids is 1. The number of nitrogens with zero attached hydrogens (tertiary/aromatic N) is 2. The second-order valence-electron chi connectivity index (χ2n) is 3.40. The number of aromatic nitrogens is 2. The number of carbonyl (C=O) groups is 1. The Morgan fingerprint density at radius 1 is 1.47 bits per heavy atom. The van der Waals surface area contributed by atoms with Crippen LogP contribution in [0.15, 0.2) is 33.9 Å².